The van der Waals surface area contributed by atoms with Gasteiger partial charge in [0.05, 0.1) is 11.6 Å². The minimum Gasteiger partial charge on any atom is -0.393 e. The molecule has 0 spiro atoms. The van der Waals surface area contributed by atoms with E-state index in [1.54, 1.807) is 6.92 Å². The molecule has 1 atom stereocenters. The third kappa shape index (κ3) is 2.84. The molecular formula is C14H20N2O4. The summed E-state index contributed by atoms with van der Waals surface area (Å²) in [5.41, 5.74) is 0.310. The molecule has 2 rings (SSSR count). The molecule has 2 heterocycles. The first-order chi connectivity index (χ1) is 9.40. The highest BCUT2D eigenvalue weighted by atomic mass is 16.6. The van der Waals surface area contributed by atoms with Crippen molar-refractivity contribution in [1.29, 1.82) is 0 Å². The molecule has 1 saturated heterocycles. The molecule has 0 aromatic heterocycles. The number of nitrogens with one attached hydrogen (secondary N) is 1. The quantitative estimate of drug-likeness (QED) is 0.851. The van der Waals surface area contributed by atoms with E-state index < -0.39 is 12.1 Å². The Balaban J connectivity index is 2.19. The van der Waals surface area contributed by atoms with Crippen molar-refractivity contribution in [2.75, 3.05) is 6.54 Å². The number of Topliss-reactive ketones (excluding diaryl/α,β-unsaturated/α-hetero) is 1. The van der Waals surface area contributed by atoms with Crippen molar-refractivity contribution >= 4 is 17.8 Å². The number of fused-ring (bicyclic) bond motifs is 1. The summed E-state index contributed by atoms with van der Waals surface area (Å²) < 4.78 is 5.17. The molecule has 0 bridgehead atoms. The number of hydrogen-bond donors (Lipinski definition) is 1. The lowest BCUT2D eigenvalue weighted by Gasteiger charge is -2.19. The number of cyclic esters (lactones) is 1. The SMILES string of the molecule is CC1=C(NC(=O)CC(C)C)OC(=O)N2CCCC2C1=O. The number of carbonyl (C=O) groups excluding carboxylic acids is 3. The summed E-state index contributed by atoms with van der Waals surface area (Å²) in [5, 5.41) is 2.54. The van der Waals surface area contributed by atoms with Gasteiger partial charge in [0, 0.05) is 13.0 Å². The standard InChI is InChI=1S/C14H20N2O4/c1-8(2)7-11(17)15-13-9(3)12(18)10-5-4-6-16(10)14(19)20-13/h8,10H,4-7H2,1-3H3,(H,15,17). The highest BCUT2D eigenvalue weighted by molar-refractivity contribution is 6.02. The summed E-state index contributed by atoms with van der Waals surface area (Å²) in [6, 6.07) is -0.443. The molecule has 6 heteroatoms. The van der Waals surface area contributed by atoms with E-state index in [4.69, 9.17) is 4.74 Å². The fraction of sp³-hybridized carbons (Fsp3) is 0.643. The summed E-state index contributed by atoms with van der Waals surface area (Å²) in [6.07, 6.45) is 1.21. The molecule has 110 valence electrons. The van der Waals surface area contributed by atoms with Crippen LogP contribution in [0.5, 0.6) is 0 Å². The van der Waals surface area contributed by atoms with Crippen LogP contribution in [-0.2, 0) is 14.3 Å². The van der Waals surface area contributed by atoms with E-state index in [1.165, 1.54) is 4.90 Å². The van der Waals surface area contributed by atoms with Gasteiger partial charge in [-0.15, -0.1) is 0 Å². The van der Waals surface area contributed by atoms with Crippen LogP contribution in [0.3, 0.4) is 0 Å². The first-order valence-corrected chi connectivity index (χ1v) is 6.93. The lowest BCUT2D eigenvalue weighted by atomic mass is 10.0. The smallest absolute Gasteiger partial charge is 0.393 e. The van der Waals surface area contributed by atoms with Crippen molar-refractivity contribution < 1.29 is 19.1 Å². The maximum atomic E-state index is 12.3. The Kier molecular flexibility index (Phi) is 4.11. The molecule has 0 aromatic rings. The van der Waals surface area contributed by atoms with Gasteiger partial charge in [-0.1, -0.05) is 13.8 Å². The second-order valence-corrected chi connectivity index (χ2v) is 5.68. The van der Waals surface area contributed by atoms with E-state index >= 15 is 0 Å². The van der Waals surface area contributed by atoms with Crippen molar-refractivity contribution in [3.8, 4) is 0 Å². The normalized spacial score (nSPS) is 22.8. The number of ketones is 1. The summed E-state index contributed by atoms with van der Waals surface area (Å²) >= 11 is 0. The highest BCUT2D eigenvalue weighted by Gasteiger charge is 2.40. The molecule has 20 heavy (non-hydrogen) atoms. The molecule has 0 saturated carbocycles. The zero-order valence-corrected chi connectivity index (χ0v) is 12.1. The van der Waals surface area contributed by atoms with Crippen molar-refractivity contribution in [2.45, 2.75) is 46.1 Å². The van der Waals surface area contributed by atoms with Gasteiger partial charge in [-0.25, -0.2) is 4.79 Å². The summed E-state index contributed by atoms with van der Waals surface area (Å²) in [5.74, 6) is -0.221. The van der Waals surface area contributed by atoms with E-state index in [0.717, 1.165) is 6.42 Å². The minimum absolute atomic E-state index is 0.0138. The summed E-state index contributed by atoms with van der Waals surface area (Å²) in [4.78, 5) is 37.5. The number of nitrogens with zero attached hydrogens (tertiary/aromatic N) is 1. The van der Waals surface area contributed by atoms with Crippen LogP contribution < -0.4 is 5.32 Å². The minimum atomic E-state index is -0.558. The maximum absolute atomic E-state index is 12.3. The highest BCUT2D eigenvalue weighted by Crippen LogP contribution is 2.26. The van der Waals surface area contributed by atoms with Crippen molar-refractivity contribution in [2.24, 2.45) is 5.92 Å². The predicted octanol–water partition coefficient (Wildman–Crippen LogP) is 1.56. The Hall–Kier alpha value is -1.85. The Morgan fingerprint density at radius 1 is 1.45 bits per heavy atom. The van der Waals surface area contributed by atoms with Gasteiger partial charge in [-0.05, 0) is 25.7 Å². The molecule has 6 nitrogen and oxygen atoms in total. The fourth-order valence-electron chi connectivity index (χ4n) is 2.51. The number of ether oxygens (including phenoxy) is 1. The lowest BCUT2D eigenvalue weighted by molar-refractivity contribution is -0.121. The van der Waals surface area contributed by atoms with E-state index in [-0.39, 0.29) is 23.5 Å². The molecule has 1 fully saturated rings. The van der Waals surface area contributed by atoms with Gasteiger partial charge in [-0.2, -0.15) is 0 Å². The largest absolute Gasteiger partial charge is 0.417 e. The van der Waals surface area contributed by atoms with Gasteiger partial charge >= 0.3 is 6.09 Å². The summed E-state index contributed by atoms with van der Waals surface area (Å²) in [7, 11) is 0. The summed E-state index contributed by atoms with van der Waals surface area (Å²) in [6.45, 7) is 5.94. The molecule has 2 amide bonds. The van der Waals surface area contributed by atoms with Crippen LogP contribution in [0.25, 0.3) is 0 Å². The van der Waals surface area contributed by atoms with E-state index in [0.29, 0.717) is 25.0 Å². The number of amides is 2. The molecular weight excluding hydrogens is 260 g/mol. The van der Waals surface area contributed by atoms with Crippen LogP contribution in [-0.4, -0.2) is 35.3 Å². The van der Waals surface area contributed by atoms with E-state index in [9.17, 15) is 14.4 Å². The first kappa shape index (κ1) is 14.6. The average molecular weight is 280 g/mol. The monoisotopic (exact) mass is 280 g/mol. The van der Waals surface area contributed by atoms with Gasteiger partial charge in [0.25, 0.3) is 0 Å². The third-order valence-electron chi connectivity index (χ3n) is 3.54. The van der Waals surface area contributed by atoms with Crippen molar-refractivity contribution in [3.05, 3.63) is 11.5 Å². The molecule has 0 radical (unpaired) electrons. The van der Waals surface area contributed by atoms with E-state index in [2.05, 4.69) is 5.32 Å². The van der Waals surface area contributed by atoms with Crippen LogP contribution in [0.4, 0.5) is 4.79 Å². The van der Waals surface area contributed by atoms with Gasteiger partial charge in [0.1, 0.15) is 0 Å². The second kappa shape index (κ2) is 5.64. The maximum Gasteiger partial charge on any atom is 0.417 e. The van der Waals surface area contributed by atoms with Crippen LogP contribution in [0.2, 0.25) is 0 Å². The van der Waals surface area contributed by atoms with Crippen LogP contribution >= 0.6 is 0 Å². The molecule has 2 aliphatic rings. The number of rotatable bonds is 3. The Morgan fingerprint density at radius 2 is 2.15 bits per heavy atom. The number of hydrogen-bond acceptors (Lipinski definition) is 4. The molecule has 0 aliphatic carbocycles. The van der Waals surface area contributed by atoms with E-state index in [1.807, 2.05) is 13.8 Å². The molecule has 2 aliphatic heterocycles. The zero-order chi connectivity index (χ0) is 14.9. The topological polar surface area (TPSA) is 75.7 Å². The van der Waals surface area contributed by atoms with Crippen LogP contribution in [0.1, 0.15) is 40.0 Å². The third-order valence-corrected chi connectivity index (χ3v) is 3.54. The molecule has 1 unspecified atom stereocenters. The van der Waals surface area contributed by atoms with Crippen LogP contribution in [0.15, 0.2) is 11.5 Å². The first-order valence-electron chi connectivity index (χ1n) is 6.93. The Labute approximate surface area is 118 Å². The van der Waals surface area contributed by atoms with Crippen molar-refractivity contribution in [1.82, 2.24) is 10.2 Å². The predicted molar refractivity (Wildman–Crippen MR) is 71.5 cm³/mol. The number of carbonyl (C=O) groups is 3. The molecule has 0 aromatic carbocycles. The lowest BCUT2D eigenvalue weighted by Crippen LogP contribution is -2.38. The zero-order valence-electron chi connectivity index (χ0n) is 12.1. The van der Waals surface area contributed by atoms with Gasteiger partial charge in [-0.3, -0.25) is 19.8 Å². The average Bonchev–Trinajstić information content (AvgIpc) is 2.81. The van der Waals surface area contributed by atoms with Crippen LogP contribution in [0, 0.1) is 5.92 Å². The van der Waals surface area contributed by atoms with Crippen molar-refractivity contribution in [3.63, 3.8) is 0 Å². The van der Waals surface area contributed by atoms with Gasteiger partial charge in [0.2, 0.25) is 11.8 Å². The molecule has 1 N–H and O–H groups in total. The second-order valence-electron chi connectivity index (χ2n) is 5.68. The Morgan fingerprint density at radius 3 is 2.80 bits per heavy atom. The Bertz CT molecular complexity index is 482. The fourth-order valence-corrected chi connectivity index (χ4v) is 2.51. The van der Waals surface area contributed by atoms with Gasteiger partial charge < -0.3 is 4.74 Å². The van der Waals surface area contributed by atoms with Gasteiger partial charge in [0.15, 0.2) is 5.78 Å².